The molecule has 102 valence electrons. The van der Waals surface area contributed by atoms with E-state index < -0.39 is 0 Å². The van der Waals surface area contributed by atoms with E-state index >= 15 is 0 Å². The van der Waals surface area contributed by atoms with Gasteiger partial charge in [-0.3, -0.25) is 0 Å². The van der Waals surface area contributed by atoms with Crippen molar-refractivity contribution in [3.8, 4) is 28.0 Å². The first kappa shape index (κ1) is 12.0. The first-order valence-corrected chi connectivity index (χ1v) is 6.74. The number of para-hydroxylation sites is 1. The molecule has 0 atom stereocenters. The molecule has 0 fully saturated rings. The number of anilines is 1. The molecule has 0 saturated heterocycles. The molecule has 4 rings (SSSR count). The van der Waals surface area contributed by atoms with Crippen molar-refractivity contribution in [2.24, 2.45) is 0 Å². The summed E-state index contributed by atoms with van der Waals surface area (Å²) in [4.78, 5) is 5.61. The smallest absolute Gasteiger partial charge is 0.163 e. The highest BCUT2D eigenvalue weighted by molar-refractivity contribution is 5.93. The van der Waals surface area contributed by atoms with Crippen molar-refractivity contribution < 1.29 is 9.23 Å². The lowest BCUT2D eigenvalue weighted by Gasteiger charge is -2.23. The van der Waals surface area contributed by atoms with E-state index in [4.69, 9.17) is 4.84 Å². The molecular weight excluding hydrogens is 265 g/mol. The minimum atomic E-state index is -0.234. The third-order valence-corrected chi connectivity index (χ3v) is 3.65. The van der Waals surface area contributed by atoms with Crippen LogP contribution in [0.5, 0.6) is 5.75 Å². The largest absolute Gasteiger partial charge is 0.381 e. The van der Waals surface area contributed by atoms with Crippen molar-refractivity contribution in [1.82, 2.24) is 0 Å². The number of rotatable bonds is 1. The van der Waals surface area contributed by atoms with Crippen molar-refractivity contribution in [2.75, 3.05) is 5.48 Å². The molecule has 0 bridgehead atoms. The molecule has 3 aromatic rings. The van der Waals surface area contributed by atoms with Crippen LogP contribution >= 0.6 is 0 Å². The lowest BCUT2D eigenvalue weighted by molar-refractivity contribution is 0.402. The number of hydrogen-bond acceptors (Lipinski definition) is 2. The predicted molar refractivity (Wildman–Crippen MR) is 81.5 cm³/mol. The molecule has 21 heavy (non-hydrogen) atoms. The summed E-state index contributed by atoms with van der Waals surface area (Å²) in [5, 5.41) is 0. The van der Waals surface area contributed by atoms with Gasteiger partial charge >= 0.3 is 0 Å². The van der Waals surface area contributed by atoms with Crippen LogP contribution in [0.15, 0.2) is 66.7 Å². The van der Waals surface area contributed by atoms with Crippen LogP contribution < -0.4 is 10.3 Å². The van der Waals surface area contributed by atoms with Gasteiger partial charge in [-0.15, -0.1) is 0 Å². The summed E-state index contributed by atoms with van der Waals surface area (Å²) >= 11 is 0. The van der Waals surface area contributed by atoms with Gasteiger partial charge in [-0.05, 0) is 35.4 Å². The molecule has 1 aliphatic rings. The minimum Gasteiger partial charge on any atom is -0.381 e. The van der Waals surface area contributed by atoms with Crippen LogP contribution in [0, 0.1) is 5.82 Å². The molecule has 3 aromatic carbocycles. The van der Waals surface area contributed by atoms with Crippen molar-refractivity contribution in [3.63, 3.8) is 0 Å². The lowest BCUT2D eigenvalue weighted by atomic mass is 9.92. The van der Waals surface area contributed by atoms with Crippen molar-refractivity contribution >= 4 is 5.69 Å². The monoisotopic (exact) mass is 277 g/mol. The Balaban J connectivity index is 1.98. The van der Waals surface area contributed by atoms with E-state index in [0.717, 1.165) is 33.7 Å². The van der Waals surface area contributed by atoms with E-state index in [1.807, 2.05) is 36.4 Å². The fourth-order valence-electron chi connectivity index (χ4n) is 2.66. The van der Waals surface area contributed by atoms with Crippen LogP contribution in [0.4, 0.5) is 10.1 Å². The van der Waals surface area contributed by atoms with Crippen LogP contribution in [0.2, 0.25) is 0 Å². The highest BCUT2D eigenvalue weighted by Gasteiger charge is 2.20. The maximum Gasteiger partial charge on any atom is 0.163 e. The quantitative estimate of drug-likeness (QED) is 0.684. The normalized spacial score (nSPS) is 11.9. The van der Waals surface area contributed by atoms with E-state index in [1.54, 1.807) is 12.1 Å². The number of benzene rings is 3. The molecule has 2 nitrogen and oxygen atoms in total. The summed E-state index contributed by atoms with van der Waals surface area (Å²) in [6.45, 7) is 0. The Morgan fingerprint density at radius 3 is 2.38 bits per heavy atom. The van der Waals surface area contributed by atoms with Crippen molar-refractivity contribution in [3.05, 3.63) is 72.5 Å². The van der Waals surface area contributed by atoms with E-state index in [2.05, 4.69) is 11.5 Å². The molecule has 0 aliphatic carbocycles. The average molecular weight is 277 g/mol. The van der Waals surface area contributed by atoms with Gasteiger partial charge in [0.1, 0.15) is 5.82 Å². The Hall–Kier alpha value is -2.81. The second-order valence-corrected chi connectivity index (χ2v) is 4.94. The van der Waals surface area contributed by atoms with Gasteiger partial charge in [-0.25, -0.2) is 9.87 Å². The Kier molecular flexibility index (Phi) is 2.64. The predicted octanol–water partition coefficient (Wildman–Crippen LogP) is 4.88. The first-order chi connectivity index (χ1) is 10.3. The maximum absolute atomic E-state index is 13.1. The van der Waals surface area contributed by atoms with Gasteiger partial charge in [0, 0.05) is 11.1 Å². The van der Waals surface area contributed by atoms with Gasteiger partial charge in [0.15, 0.2) is 5.75 Å². The highest BCUT2D eigenvalue weighted by Crippen LogP contribution is 2.44. The Morgan fingerprint density at radius 2 is 1.52 bits per heavy atom. The van der Waals surface area contributed by atoms with Gasteiger partial charge in [-0.2, -0.15) is 0 Å². The minimum absolute atomic E-state index is 0.234. The third-order valence-electron chi connectivity index (χ3n) is 3.65. The standard InChI is InChI=1S/C18H12FNO/c19-13-10-8-12(9-11-13)14-5-3-7-17-18(14)15-4-1-2-6-16(15)20-21-17/h1-11,20H. The molecule has 0 amide bonds. The fourth-order valence-corrected chi connectivity index (χ4v) is 2.66. The molecule has 3 heteroatoms. The zero-order valence-corrected chi connectivity index (χ0v) is 11.1. The van der Waals surface area contributed by atoms with Crippen molar-refractivity contribution in [2.45, 2.75) is 0 Å². The number of hydrogen-bond donors (Lipinski definition) is 1. The summed E-state index contributed by atoms with van der Waals surface area (Å²) in [7, 11) is 0. The SMILES string of the molecule is Fc1ccc(-c2cccc3c2-c2ccccc2NO3)cc1. The summed E-state index contributed by atoms with van der Waals surface area (Å²) in [6, 6.07) is 20.4. The highest BCUT2D eigenvalue weighted by atomic mass is 19.1. The second kappa shape index (κ2) is 4.63. The fraction of sp³-hybridized carbons (Fsp3) is 0. The zero-order valence-electron chi connectivity index (χ0n) is 11.1. The van der Waals surface area contributed by atoms with Crippen LogP contribution in [0.25, 0.3) is 22.3 Å². The van der Waals surface area contributed by atoms with Gasteiger partial charge in [0.05, 0.1) is 5.69 Å². The molecule has 0 spiro atoms. The summed E-state index contributed by atoms with van der Waals surface area (Å²) in [6.07, 6.45) is 0. The third kappa shape index (κ3) is 1.94. The molecule has 1 aliphatic heterocycles. The number of nitrogens with one attached hydrogen (secondary N) is 1. The van der Waals surface area contributed by atoms with Gasteiger partial charge in [0.25, 0.3) is 0 Å². The summed E-state index contributed by atoms with van der Waals surface area (Å²) in [5.74, 6) is 0.539. The van der Waals surface area contributed by atoms with E-state index in [9.17, 15) is 4.39 Å². The zero-order chi connectivity index (χ0) is 14.2. The molecule has 0 radical (unpaired) electrons. The van der Waals surface area contributed by atoms with E-state index in [0.29, 0.717) is 0 Å². The van der Waals surface area contributed by atoms with E-state index in [1.165, 1.54) is 12.1 Å². The Labute approximate surface area is 121 Å². The van der Waals surface area contributed by atoms with Crippen LogP contribution in [-0.4, -0.2) is 0 Å². The topological polar surface area (TPSA) is 21.3 Å². The molecule has 1 heterocycles. The van der Waals surface area contributed by atoms with Crippen LogP contribution in [-0.2, 0) is 0 Å². The molecule has 0 unspecified atom stereocenters. The Bertz CT molecular complexity index is 812. The van der Waals surface area contributed by atoms with Crippen LogP contribution in [0.1, 0.15) is 0 Å². The van der Waals surface area contributed by atoms with Crippen LogP contribution in [0.3, 0.4) is 0 Å². The van der Waals surface area contributed by atoms with Gasteiger partial charge < -0.3 is 4.84 Å². The summed E-state index contributed by atoms with van der Waals surface area (Å²) in [5.41, 5.74) is 7.98. The van der Waals surface area contributed by atoms with Crippen molar-refractivity contribution in [1.29, 1.82) is 0 Å². The Morgan fingerprint density at radius 1 is 0.762 bits per heavy atom. The molecule has 0 saturated carbocycles. The molecular formula is C18H12FNO. The maximum atomic E-state index is 13.1. The summed E-state index contributed by atoms with van der Waals surface area (Å²) < 4.78 is 13.1. The number of halogens is 1. The lowest BCUT2D eigenvalue weighted by Crippen LogP contribution is -2.11. The van der Waals surface area contributed by atoms with Gasteiger partial charge in [-0.1, -0.05) is 42.5 Å². The average Bonchev–Trinajstić information content (AvgIpc) is 2.55. The number of fused-ring (bicyclic) bond motifs is 3. The van der Waals surface area contributed by atoms with E-state index in [-0.39, 0.29) is 5.82 Å². The van der Waals surface area contributed by atoms with Gasteiger partial charge in [0.2, 0.25) is 0 Å². The second-order valence-electron chi connectivity index (χ2n) is 4.94. The molecule has 1 N–H and O–H groups in total. The molecule has 0 aromatic heterocycles. The first-order valence-electron chi connectivity index (χ1n) is 6.74.